The van der Waals surface area contributed by atoms with Gasteiger partial charge >= 0.3 is 0 Å². The molecule has 1 aliphatic heterocycles. The number of carbonyl (C=O) groups excluding carboxylic acids is 1. The quantitative estimate of drug-likeness (QED) is 0.880. The summed E-state index contributed by atoms with van der Waals surface area (Å²) in [6.45, 7) is 8.38. The second-order valence-corrected chi connectivity index (χ2v) is 7.25. The molecular weight excluding hydrogens is 334 g/mol. The van der Waals surface area contributed by atoms with Crippen LogP contribution in [0.25, 0.3) is 0 Å². The summed E-state index contributed by atoms with van der Waals surface area (Å²) in [5, 5.41) is 3.79. The number of piperazine rings is 1. The molecule has 0 bridgehead atoms. The highest BCUT2D eigenvalue weighted by atomic mass is 35.5. The van der Waals surface area contributed by atoms with E-state index in [9.17, 15) is 4.79 Å². The molecule has 0 atom stereocenters. The van der Waals surface area contributed by atoms with Crippen LogP contribution < -0.4 is 15.1 Å². The maximum Gasteiger partial charge on any atom is 0.279 e. The highest BCUT2D eigenvalue weighted by Gasteiger charge is 2.22. The van der Waals surface area contributed by atoms with Crippen LogP contribution in [0, 0.1) is 13.8 Å². The number of halogens is 1. The molecule has 0 saturated carbocycles. The molecule has 1 amide bonds. The number of quaternary nitrogens is 1. The minimum Gasteiger partial charge on any atom is -0.360 e. The van der Waals surface area contributed by atoms with Gasteiger partial charge in [-0.2, -0.15) is 0 Å². The first kappa shape index (κ1) is 17.8. The lowest BCUT2D eigenvalue weighted by Gasteiger charge is -2.33. The van der Waals surface area contributed by atoms with E-state index >= 15 is 0 Å². The average molecular weight is 359 g/mol. The fourth-order valence-corrected chi connectivity index (χ4v) is 3.59. The summed E-state index contributed by atoms with van der Waals surface area (Å²) >= 11 is 6.08. The van der Waals surface area contributed by atoms with Gasteiger partial charge in [0.25, 0.3) is 5.91 Å². The van der Waals surface area contributed by atoms with E-state index in [-0.39, 0.29) is 5.91 Å². The molecule has 1 aliphatic rings. The van der Waals surface area contributed by atoms with E-state index in [1.807, 2.05) is 44.2 Å². The Morgan fingerprint density at radius 2 is 1.80 bits per heavy atom. The molecule has 2 N–H and O–H groups in total. The van der Waals surface area contributed by atoms with Gasteiger partial charge in [-0.3, -0.25) is 4.79 Å². The van der Waals surface area contributed by atoms with Crippen LogP contribution in [-0.2, 0) is 4.79 Å². The summed E-state index contributed by atoms with van der Waals surface area (Å²) in [6.07, 6.45) is 0. The van der Waals surface area contributed by atoms with E-state index in [2.05, 4.69) is 22.3 Å². The zero-order valence-electron chi connectivity index (χ0n) is 14.8. The number of benzene rings is 2. The molecule has 4 nitrogen and oxygen atoms in total. The van der Waals surface area contributed by atoms with Gasteiger partial charge in [-0.25, -0.2) is 0 Å². The number of anilines is 2. The normalized spacial score (nSPS) is 15.2. The summed E-state index contributed by atoms with van der Waals surface area (Å²) in [7, 11) is 0. The van der Waals surface area contributed by atoms with Gasteiger partial charge in [0.1, 0.15) is 0 Å². The zero-order chi connectivity index (χ0) is 17.8. The summed E-state index contributed by atoms with van der Waals surface area (Å²) in [6, 6.07) is 14.1. The van der Waals surface area contributed by atoms with Crippen molar-refractivity contribution in [3.05, 3.63) is 58.6 Å². The van der Waals surface area contributed by atoms with E-state index in [4.69, 9.17) is 11.6 Å². The molecule has 1 heterocycles. The second kappa shape index (κ2) is 7.89. The van der Waals surface area contributed by atoms with Crippen molar-refractivity contribution in [3.8, 4) is 0 Å². The lowest BCUT2D eigenvalue weighted by atomic mass is 10.1. The number of aryl methyl sites for hydroxylation is 2. The standard InChI is InChI=1S/C20H24ClN3O/c1-15-10-16(2)12-18(11-15)22-20(25)14-23-6-8-24(9-7-23)19-5-3-4-17(21)13-19/h3-5,10-13H,6-9,14H2,1-2H3,(H,22,25)/p+1. The first-order valence-electron chi connectivity index (χ1n) is 8.72. The number of hydrogen-bond donors (Lipinski definition) is 2. The third-order valence-corrected chi connectivity index (χ3v) is 4.79. The molecule has 2 aromatic carbocycles. The summed E-state index contributed by atoms with van der Waals surface area (Å²) in [5.74, 6) is 0.0798. The molecule has 5 heteroatoms. The monoisotopic (exact) mass is 358 g/mol. The Hall–Kier alpha value is -2.04. The fraction of sp³-hybridized carbons (Fsp3) is 0.350. The largest absolute Gasteiger partial charge is 0.360 e. The predicted molar refractivity (Wildman–Crippen MR) is 104 cm³/mol. The smallest absolute Gasteiger partial charge is 0.279 e. The molecule has 3 rings (SSSR count). The van der Waals surface area contributed by atoms with Gasteiger partial charge in [-0.05, 0) is 55.3 Å². The Bertz CT molecular complexity index is 734. The van der Waals surface area contributed by atoms with Gasteiger partial charge in [0.05, 0.1) is 26.2 Å². The van der Waals surface area contributed by atoms with Gasteiger partial charge in [-0.15, -0.1) is 0 Å². The molecule has 2 aromatic rings. The Kier molecular flexibility index (Phi) is 5.61. The Balaban J connectivity index is 1.51. The van der Waals surface area contributed by atoms with Crippen LogP contribution in [0.5, 0.6) is 0 Å². The van der Waals surface area contributed by atoms with Crippen molar-refractivity contribution in [3.63, 3.8) is 0 Å². The van der Waals surface area contributed by atoms with Crippen LogP contribution in [0.1, 0.15) is 11.1 Å². The van der Waals surface area contributed by atoms with Crippen molar-refractivity contribution >= 4 is 28.9 Å². The van der Waals surface area contributed by atoms with Crippen LogP contribution in [-0.4, -0.2) is 38.6 Å². The molecule has 1 fully saturated rings. The lowest BCUT2D eigenvalue weighted by Crippen LogP contribution is -3.15. The first-order valence-corrected chi connectivity index (χ1v) is 9.09. The molecule has 0 spiro atoms. The number of nitrogens with one attached hydrogen (secondary N) is 2. The number of carbonyl (C=O) groups is 1. The molecule has 0 unspecified atom stereocenters. The molecule has 0 radical (unpaired) electrons. The van der Waals surface area contributed by atoms with Crippen molar-refractivity contribution in [2.45, 2.75) is 13.8 Å². The van der Waals surface area contributed by atoms with Gasteiger partial charge in [0.15, 0.2) is 6.54 Å². The van der Waals surface area contributed by atoms with Crippen molar-refractivity contribution < 1.29 is 9.69 Å². The SMILES string of the molecule is Cc1cc(C)cc(NC(=O)C[NH+]2CCN(c3cccc(Cl)c3)CC2)c1. The van der Waals surface area contributed by atoms with E-state index in [1.54, 1.807) is 0 Å². The molecule has 25 heavy (non-hydrogen) atoms. The zero-order valence-corrected chi connectivity index (χ0v) is 15.6. The maximum absolute atomic E-state index is 12.3. The topological polar surface area (TPSA) is 36.8 Å². The van der Waals surface area contributed by atoms with Crippen LogP contribution in [0.15, 0.2) is 42.5 Å². The van der Waals surface area contributed by atoms with Gasteiger partial charge in [0, 0.05) is 16.4 Å². The number of amides is 1. The van der Waals surface area contributed by atoms with Crippen molar-refractivity contribution in [1.82, 2.24) is 0 Å². The Morgan fingerprint density at radius 3 is 2.44 bits per heavy atom. The van der Waals surface area contributed by atoms with Crippen LogP contribution >= 0.6 is 11.6 Å². The summed E-state index contributed by atoms with van der Waals surface area (Å²) in [4.78, 5) is 16.0. The molecule has 0 aromatic heterocycles. The highest BCUT2D eigenvalue weighted by molar-refractivity contribution is 6.30. The molecule has 0 aliphatic carbocycles. The third kappa shape index (κ3) is 4.97. The first-order chi connectivity index (χ1) is 12.0. The molecular formula is C20H25ClN3O+. The minimum atomic E-state index is 0.0798. The van der Waals surface area contributed by atoms with Gasteiger partial charge < -0.3 is 15.1 Å². The van der Waals surface area contributed by atoms with Crippen molar-refractivity contribution in [1.29, 1.82) is 0 Å². The third-order valence-electron chi connectivity index (χ3n) is 4.56. The Morgan fingerprint density at radius 1 is 1.12 bits per heavy atom. The maximum atomic E-state index is 12.3. The van der Waals surface area contributed by atoms with Crippen LogP contribution in [0.3, 0.4) is 0 Å². The second-order valence-electron chi connectivity index (χ2n) is 6.82. The fourth-order valence-electron chi connectivity index (χ4n) is 3.41. The van der Waals surface area contributed by atoms with Gasteiger partial charge in [-0.1, -0.05) is 23.7 Å². The van der Waals surface area contributed by atoms with E-state index < -0.39 is 0 Å². The number of nitrogens with zero attached hydrogens (tertiary/aromatic N) is 1. The lowest BCUT2D eigenvalue weighted by molar-refractivity contribution is -0.892. The molecule has 132 valence electrons. The summed E-state index contributed by atoms with van der Waals surface area (Å²) < 4.78 is 0. The van der Waals surface area contributed by atoms with Crippen LogP contribution in [0.4, 0.5) is 11.4 Å². The number of hydrogen-bond acceptors (Lipinski definition) is 2. The summed E-state index contributed by atoms with van der Waals surface area (Å²) in [5.41, 5.74) is 4.38. The van der Waals surface area contributed by atoms with E-state index in [1.165, 1.54) is 4.90 Å². The predicted octanol–water partition coefficient (Wildman–Crippen LogP) is 2.30. The van der Waals surface area contributed by atoms with E-state index in [0.29, 0.717) is 6.54 Å². The Labute approximate surface area is 154 Å². The minimum absolute atomic E-state index is 0.0798. The van der Waals surface area contributed by atoms with Crippen molar-refractivity contribution in [2.75, 3.05) is 42.9 Å². The average Bonchev–Trinajstić information content (AvgIpc) is 2.54. The highest BCUT2D eigenvalue weighted by Crippen LogP contribution is 2.19. The van der Waals surface area contributed by atoms with E-state index in [0.717, 1.165) is 53.7 Å². The van der Waals surface area contributed by atoms with Gasteiger partial charge in [0.2, 0.25) is 0 Å². The van der Waals surface area contributed by atoms with Crippen LogP contribution in [0.2, 0.25) is 5.02 Å². The van der Waals surface area contributed by atoms with Crippen molar-refractivity contribution in [2.24, 2.45) is 0 Å². The number of rotatable bonds is 4. The molecule has 1 saturated heterocycles.